The number of carbonyl (C=O) groups is 2. The summed E-state index contributed by atoms with van der Waals surface area (Å²) in [6, 6.07) is 34.1. The van der Waals surface area contributed by atoms with E-state index in [1.807, 2.05) is 111 Å². The second-order valence-corrected chi connectivity index (χ2v) is 11.5. The molecular formula is C41H41NO6. The Balaban J connectivity index is 1.17. The number of aromatic nitrogens is 1. The highest BCUT2D eigenvalue weighted by Crippen LogP contribution is 2.30. The molecule has 4 aromatic carbocycles. The molecule has 0 saturated carbocycles. The van der Waals surface area contributed by atoms with E-state index >= 15 is 0 Å². The summed E-state index contributed by atoms with van der Waals surface area (Å²) in [5, 5.41) is 0. The van der Waals surface area contributed by atoms with E-state index in [9.17, 15) is 9.59 Å². The molecule has 0 spiro atoms. The second-order valence-electron chi connectivity index (χ2n) is 11.5. The minimum atomic E-state index is -0.459. The van der Waals surface area contributed by atoms with Crippen LogP contribution in [0.5, 0.6) is 23.1 Å². The molecule has 5 rings (SSSR count). The standard InChI is InChI=1S/C41H41NO6/c1-5-25-45-28(3)40(43)34-11-7-30(8-12-34)32-15-19-36(20-16-32)47-38-23-24-42-39(27-38)48-37-21-17-33(18-22-37)31-9-13-35(14-10-31)41(44)29(4)46-26-6-2/h7-24,27-29H,5-6,25-26H2,1-4H3. The quantitative estimate of drug-likeness (QED) is 0.0990. The predicted octanol–water partition coefficient (Wildman–Crippen LogP) is 10.00. The third kappa shape index (κ3) is 9.03. The van der Waals surface area contributed by atoms with Crippen LogP contribution in [0.4, 0.5) is 0 Å². The smallest absolute Gasteiger partial charge is 0.222 e. The van der Waals surface area contributed by atoms with Crippen molar-refractivity contribution in [2.45, 2.75) is 52.7 Å². The molecule has 48 heavy (non-hydrogen) atoms. The van der Waals surface area contributed by atoms with Crippen molar-refractivity contribution in [3.05, 3.63) is 127 Å². The highest BCUT2D eigenvalue weighted by atomic mass is 16.5. The number of carbonyl (C=O) groups excluding carboxylic acids is 2. The van der Waals surface area contributed by atoms with Crippen molar-refractivity contribution in [2.75, 3.05) is 13.2 Å². The molecule has 246 valence electrons. The Morgan fingerprint density at radius 2 is 0.938 bits per heavy atom. The molecule has 7 heteroatoms. The molecule has 1 heterocycles. The number of Topliss-reactive ketones (excluding diaryl/α,β-unsaturated/α-hetero) is 2. The van der Waals surface area contributed by atoms with Gasteiger partial charge in [0.25, 0.3) is 0 Å². The maximum absolute atomic E-state index is 12.6. The number of pyridine rings is 1. The van der Waals surface area contributed by atoms with Crippen molar-refractivity contribution >= 4 is 11.6 Å². The molecule has 0 aliphatic carbocycles. The zero-order valence-electron chi connectivity index (χ0n) is 27.8. The fourth-order valence-electron chi connectivity index (χ4n) is 5.06. The molecule has 0 saturated heterocycles. The fourth-order valence-corrected chi connectivity index (χ4v) is 5.06. The minimum Gasteiger partial charge on any atom is -0.457 e. The highest BCUT2D eigenvalue weighted by molar-refractivity contribution is 6.00. The summed E-state index contributed by atoms with van der Waals surface area (Å²) < 4.78 is 23.2. The van der Waals surface area contributed by atoms with Crippen molar-refractivity contribution < 1.29 is 28.5 Å². The van der Waals surface area contributed by atoms with Gasteiger partial charge in [-0.05, 0) is 79.3 Å². The normalized spacial score (nSPS) is 12.2. The van der Waals surface area contributed by atoms with Crippen LogP contribution in [0, 0.1) is 0 Å². The molecule has 0 amide bonds. The van der Waals surface area contributed by atoms with Gasteiger partial charge >= 0.3 is 0 Å². The van der Waals surface area contributed by atoms with Gasteiger partial charge in [-0.15, -0.1) is 0 Å². The van der Waals surface area contributed by atoms with Gasteiger partial charge in [-0.2, -0.15) is 0 Å². The van der Waals surface area contributed by atoms with Crippen LogP contribution in [0.1, 0.15) is 61.3 Å². The maximum Gasteiger partial charge on any atom is 0.222 e. The third-order valence-corrected chi connectivity index (χ3v) is 7.76. The Hall–Kier alpha value is -5.11. The van der Waals surface area contributed by atoms with Crippen molar-refractivity contribution in [3.63, 3.8) is 0 Å². The molecule has 0 fully saturated rings. The molecule has 5 aromatic rings. The van der Waals surface area contributed by atoms with Gasteiger partial charge in [0.15, 0.2) is 11.6 Å². The molecular weight excluding hydrogens is 602 g/mol. The number of rotatable bonds is 16. The summed E-state index contributed by atoms with van der Waals surface area (Å²) in [6.45, 7) is 8.76. The molecule has 0 bridgehead atoms. The average Bonchev–Trinajstić information content (AvgIpc) is 3.13. The second kappa shape index (κ2) is 16.6. The Kier molecular flexibility index (Phi) is 11.9. The molecule has 2 atom stereocenters. The first kappa shape index (κ1) is 34.2. The zero-order chi connectivity index (χ0) is 33.9. The van der Waals surface area contributed by atoms with Crippen LogP contribution in [-0.4, -0.2) is 42.0 Å². The van der Waals surface area contributed by atoms with E-state index in [1.165, 1.54) is 0 Å². The Labute approximate surface area is 282 Å². The van der Waals surface area contributed by atoms with Crippen LogP contribution in [0.25, 0.3) is 22.3 Å². The van der Waals surface area contributed by atoms with Crippen molar-refractivity contribution in [1.29, 1.82) is 0 Å². The van der Waals surface area contributed by atoms with E-state index in [0.717, 1.165) is 35.1 Å². The van der Waals surface area contributed by atoms with E-state index in [4.69, 9.17) is 18.9 Å². The van der Waals surface area contributed by atoms with Crippen LogP contribution >= 0.6 is 0 Å². The topological polar surface area (TPSA) is 84.0 Å². The van der Waals surface area contributed by atoms with Gasteiger partial charge in [-0.25, -0.2) is 4.98 Å². The van der Waals surface area contributed by atoms with Crippen molar-refractivity contribution in [1.82, 2.24) is 4.98 Å². The van der Waals surface area contributed by atoms with E-state index in [2.05, 4.69) is 4.98 Å². The lowest BCUT2D eigenvalue weighted by Gasteiger charge is -2.12. The van der Waals surface area contributed by atoms with Gasteiger partial charge in [0.05, 0.1) is 0 Å². The number of ether oxygens (including phenoxy) is 4. The summed E-state index contributed by atoms with van der Waals surface area (Å²) in [4.78, 5) is 29.6. The summed E-state index contributed by atoms with van der Waals surface area (Å²) in [5.74, 6) is 2.27. The summed E-state index contributed by atoms with van der Waals surface area (Å²) in [6.07, 6.45) is 2.47. The first-order valence-corrected chi connectivity index (χ1v) is 16.4. The third-order valence-electron chi connectivity index (χ3n) is 7.76. The van der Waals surface area contributed by atoms with E-state index < -0.39 is 12.2 Å². The molecule has 0 N–H and O–H groups in total. The van der Waals surface area contributed by atoms with Crippen molar-refractivity contribution in [3.8, 4) is 45.4 Å². The lowest BCUT2D eigenvalue weighted by Crippen LogP contribution is -2.21. The molecule has 0 aliphatic rings. The fraction of sp³-hybridized carbons (Fsp3) is 0.244. The van der Waals surface area contributed by atoms with Gasteiger partial charge < -0.3 is 18.9 Å². The van der Waals surface area contributed by atoms with Gasteiger partial charge in [-0.3, -0.25) is 9.59 Å². The highest BCUT2D eigenvalue weighted by Gasteiger charge is 2.16. The van der Waals surface area contributed by atoms with Crippen LogP contribution in [0.3, 0.4) is 0 Å². The predicted molar refractivity (Wildman–Crippen MR) is 188 cm³/mol. The van der Waals surface area contributed by atoms with Gasteiger partial charge in [-0.1, -0.05) is 86.6 Å². The number of ketones is 2. The number of benzene rings is 4. The lowest BCUT2D eigenvalue weighted by atomic mass is 10.0. The zero-order valence-corrected chi connectivity index (χ0v) is 27.8. The average molecular weight is 644 g/mol. The van der Waals surface area contributed by atoms with Crippen LogP contribution < -0.4 is 9.47 Å². The molecule has 0 aliphatic heterocycles. The first-order valence-electron chi connectivity index (χ1n) is 16.4. The van der Waals surface area contributed by atoms with E-state index in [1.54, 1.807) is 32.2 Å². The van der Waals surface area contributed by atoms with Crippen LogP contribution in [0.2, 0.25) is 0 Å². The number of hydrogen-bond acceptors (Lipinski definition) is 7. The monoisotopic (exact) mass is 643 g/mol. The largest absolute Gasteiger partial charge is 0.457 e. The summed E-state index contributed by atoms with van der Waals surface area (Å²) in [5.41, 5.74) is 5.27. The number of nitrogens with zero attached hydrogens (tertiary/aromatic N) is 1. The number of hydrogen-bond donors (Lipinski definition) is 0. The molecule has 7 nitrogen and oxygen atoms in total. The first-order chi connectivity index (χ1) is 23.3. The molecule has 2 unspecified atom stereocenters. The Morgan fingerprint density at radius 1 is 0.542 bits per heavy atom. The Bertz CT molecular complexity index is 1650. The van der Waals surface area contributed by atoms with E-state index in [-0.39, 0.29) is 11.6 Å². The minimum absolute atomic E-state index is 0.0173. The van der Waals surface area contributed by atoms with Crippen LogP contribution in [-0.2, 0) is 9.47 Å². The van der Waals surface area contributed by atoms with E-state index in [0.29, 0.717) is 47.5 Å². The SMILES string of the molecule is CCCOC(C)C(=O)c1ccc(-c2ccc(Oc3ccnc(Oc4ccc(-c5ccc(C(=O)C(C)OCCC)cc5)cc4)c3)cc2)cc1. The molecule has 0 radical (unpaired) electrons. The Morgan fingerprint density at radius 3 is 1.35 bits per heavy atom. The lowest BCUT2D eigenvalue weighted by molar-refractivity contribution is 0.0477. The summed E-state index contributed by atoms with van der Waals surface area (Å²) >= 11 is 0. The van der Waals surface area contributed by atoms with Gasteiger partial charge in [0, 0.05) is 36.6 Å². The van der Waals surface area contributed by atoms with Gasteiger partial charge in [0.1, 0.15) is 29.5 Å². The maximum atomic E-state index is 12.6. The van der Waals surface area contributed by atoms with Crippen LogP contribution in [0.15, 0.2) is 115 Å². The molecule has 1 aromatic heterocycles. The van der Waals surface area contributed by atoms with Crippen molar-refractivity contribution in [2.24, 2.45) is 0 Å². The summed E-state index contributed by atoms with van der Waals surface area (Å²) in [7, 11) is 0. The van der Waals surface area contributed by atoms with Gasteiger partial charge in [0.2, 0.25) is 5.88 Å².